The Bertz CT molecular complexity index is 397. The van der Waals surface area contributed by atoms with E-state index in [-0.39, 0.29) is 0 Å². The number of hydrogen-bond acceptors (Lipinski definition) is 4. The maximum Gasteiger partial charge on any atom is 0.357 e. The van der Waals surface area contributed by atoms with Gasteiger partial charge in [-0.25, -0.2) is 9.59 Å². The van der Waals surface area contributed by atoms with Crippen LogP contribution in [0.3, 0.4) is 0 Å². The van der Waals surface area contributed by atoms with Crippen molar-refractivity contribution in [1.82, 2.24) is 0 Å². The molecule has 0 aliphatic heterocycles. The van der Waals surface area contributed by atoms with Crippen LogP contribution in [0.25, 0.3) is 6.08 Å². The summed E-state index contributed by atoms with van der Waals surface area (Å²) in [5.74, 6) is -2.34. The minimum Gasteiger partial charge on any atom is -0.477 e. The molecule has 0 saturated carbocycles. The molecule has 0 aliphatic carbocycles. The summed E-state index contributed by atoms with van der Waals surface area (Å²) in [6.07, 6.45) is 1.22. The molecule has 0 amide bonds. The van der Waals surface area contributed by atoms with Gasteiger partial charge in [0.2, 0.25) is 0 Å². The molecule has 0 radical (unpaired) electrons. The number of rotatable bonds is 3. The van der Waals surface area contributed by atoms with Crippen LogP contribution in [0.15, 0.2) is 35.9 Å². The van der Waals surface area contributed by atoms with Crippen LogP contribution in [0.4, 0.5) is 0 Å². The lowest BCUT2D eigenvalue weighted by Crippen LogP contribution is -2.11. The average molecular weight is 224 g/mol. The Kier molecular flexibility index (Phi) is 3.93. The Morgan fingerprint density at radius 2 is 1.87 bits per heavy atom. The lowest BCUT2D eigenvalue weighted by atomic mass is 10.1. The predicted octanol–water partition coefficient (Wildman–Crippen LogP) is 1.54. The van der Waals surface area contributed by atoms with Crippen molar-refractivity contribution < 1.29 is 18.9 Å². The molecule has 1 rings (SSSR count). The van der Waals surface area contributed by atoms with E-state index in [9.17, 15) is 9.59 Å². The highest BCUT2D eigenvalue weighted by Crippen LogP contribution is 2.09. The Balaban J connectivity index is 3.05. The van der Waals surface area contributed by atoms with E-state index in [1.807, 2.05) is 0 Å². The number of thiol groups is 1. The standard InChI is InChI=1S/C10H8O4S/c11-9(12)8(10(13)14-15)6-7-4-2-1-3-5-7/h1-6,15H,(H,11,12). The zero-order valence-corrected chi connectivity index (χ0v) is 8.48. The van der Waals surface area contributed by atoms with Crippen LogP contribution in [-0.2, 0) is 13.8 Å². The first-order chi connectivity index (χ1) is 7.15. The third-order valence-corrected chi connectivity index (χ3v) is 1.81. The highest BCUT2D eigenvalue weighted by atomic mass is 32.1. The fourth-order valence-electron chi connectivity index (χ4n) is 0.973. The maximum absolute atomic E-state index is 11.0. The first-order valence-corrected chi connectivity index (χ1v) is 4.37. The van der Waals surface area contributed by atoms with E-state index >= 15 is 0 Å². The second-order valence-corrected chi connectivity index (χ2v) is 2.84. The maximum atomic E-state index is 11.0. The summed E-state index contributed by atoms with van der Waals surface area (Å²) >= 11 is 3.26. The zero-order chi connectivity index (χ0) is 11.3. The molecule has 0 atom stereocenters. The van der Waals surface area contributed by atoms with Crippen LogP contribution in [0, 0.1) is 0 Å². The summed E-state index contributed by atoms with van der Waals surface area (Å²) in [5, 5.41) is 8.73. The van der Waals surface area contributed by atoms with Crippen molar-refractivity contribution in [2.75, 3.05) is 0 Å². The third kappa shape index (κ3) is 3.14. The first-order valence-electron chi connectivity index (χ1n) is 4.01. The van der Waals surface area contributed by atoms with Gasteiger partial charge < -0.3 is 9.29 Å². The minimum absolute atomic E-state index is 0.462. The topological polar surface area (TPSA) is 63.6 Å². The van der Waals surface area contributed by atoms with Gasteiger partial charge in [0, 0.05) is 12.9 Å². The summed E-state index contributed by atoms with van der Waals surface area (Å²) in [7, 11) is 0. The molecule has 15 heavy (non-hydrogen) atoms. The molecule has 0 spiro atoms. The number of aliphatic carboxylic acids is 1. The molecule has 1 N–H and O–H groups in total. The Morgan fingerprint density at radius 3 is 2.33 bits per heavy atom. The molecule has 78 valence electrons. The molecule has 0 unspecified atom stereocenters. The van der Waals surface area contributed by atoms with Gasteiger partial charge in [0.05, 0.1) is 0 Å². The number of hydrogen-bond donors (Lipinski definition) is 2. The van der Waals surface area contributed by atoms with Crippen LogP contribution >= 0.6 is 12.9 Å². The lowest BCUT2D eigenvalue weighted by molar-refractivity contribution is -0.138. The van der Waals surface area contributed by atoms with Crippen molar-refractivity contribution in [2.24, 2.45) is 0 Å². The summed E-state index contributed by atoms with van der Waals surface area (Å²) in [4.78, 5) is 21.7. The molecule has 0 saturated heterocycles. The van der Waals surface area contributed by atoms with E-state index in [4.69, 9.17) is 5.11 Å². The number of carbonyl (C=O) groups is 2. The fourth-order valence-corrected chi connectivity index (χ4v) is 1.07. The monoisotopic (exact) mass is 224 g/mol. The van der Waals surface area contributed by atoms with Gasteiger partial charge in [0.25, 0.3) is 0 Å². The molecule has 5 heteroatoms. The molecule has 0 heterocycles. The van der Waals surface area contributed by atoms with Gasteiger partial charge in [-0.1, -0.05) is 30.3 Å². The van der Waals surface area contributed by atoms with Crippen LogP contribution < -0.4 is 0 Å². The van der Waals surface area contributed by atoms with E-state index in [0.29, 0.717) is 5.56 Å². The van der Waals surface area contributed by atoms with Gasteiger partial charge in [-0.05, 0) is 11.6 Å². The summed E-state index contributed by atoms with van der Waals surface area (Å²) in [5.41, 5.74) is 0.143. The number of carbonyl (C=O) groups excluding carboxylic acids is 1. The Labute approximate surface area is 91.8 Å². The van der Waals surface area contributed by atoms with E-state index in [0.717, 1.165) is 0 Å². The van der Waals surface area contributed by atoms with Crippen molar-refractivity contribution in [3.63, 3.8) is 0 Å². The normalized spacial score (nSPS) is 10.9. The van der Waals surface area contributed by atoms with Crippen LogP contribution in [0.5, 0.6) is 0 Å². The lowest BCUT2D eigenvalue weighted by Gasteiger charge is -1.98. The van der Waals surface area contributed by atoms with Gasteiger partial charge in [-0.3, -0.25) is 0 Å². The molecule has 0 aromatic heterocycles. The van der Waals surface area contributed by atoms with E-state index in [2.05, 4.69) is 17.1 Å². The number of carboxylic acids is 1. The predicted molar refractivity (Wildman–Crippen MR) is 57.1 cm³/mol. The highest BCUT2D eigenvalue weighted by Gasteiger charge is 2.17. The van der Waals surface area contributed by atoms with Gasteiger partial charge in [-0.2, -0.15) is 0 Å². The van der Waals surface area contributed by atoms with Gasteiger partial charge in [0.1, 0.15) is 5.57 Å². The van der Waals surface area contributed by atoms with Crippen LogP contribution in [-0.4, -0.2) is 17.0 Å². The van der Waals surface area contributed by atoms with Gasteiger partial charge in [0.15, 0.2) is 0 Å². The van der Waals surface area contributed by atoms with E-state index in [1.165, 1.54) is 6.08 Å². The summed E-state index contributed by atoms with van der Waals surface area (Å²) < 4.78 is 4.05. The Hall–Kier alpha value is -1.75. The fraction of sp³-hybridized carbons (Fsp3) is 0. The van der Waals surface area contributed by atoms with Crippen molar-refractivity contribution in [1.29, 1.82) is 0 Å². The zero-order valence-electron chi connectivity index (χ0n) is 7.58. The van der Waals surface area contributed by atoms with Gasteiger partial charge >= 0.3 is 11.9 Å². The van der Waals surface area contributed by atoms with E-state index in [1.54, 1.807) is 30.3 Å². The molecule has 4 nitrogen and oxygen atoms in total. The molecule has 0 bridgehead atoms. The van der Waals surface area contributed by atoms with Crippen LogP contribution in [0.2, 0.25) is 0 Å². The second kappa shape index (κ2) is 5.21. The first kappa shape index (κ1) is 11.3. The molecule has 1 aromatic carbocycles. The van der Waals surface area contributed by atoms with Crippen molar-refractivity contribution in [3.8, 4) is 0 Å². The average Bonchev–Trinajstić information content (AvgIpc) is 2.26. The number of benzene rings is 1. The SMILES string of the molecule is O=C(O)C(=Cc1ccccc1)C(=O)OS. The van der Waals surface area contributed by atoms with Crippen molar-refractivity contribution in [3.05, 3.63) is 41.5 Å². The smallest absolute Gasteiger partial charge is 0.357 e. The number of carboxylic acid groups (broad SMARTS) is 1. The molecular weight excluding hydrogens is 216 g/mol. The van der Waals surface area contributed by atoms with Crippen LogP contribution in [0.1, 0.15) is 5.56 Å². The largest absolute Gasteiger partial charge is 0.477 e. The highest BCUT2D eigenvalue weighted by molar-refractivity contribution is 7.75. The quantitative estimate of drug-likeness (QED) is 0.269. The third-order valence-electron chi connectivity index (χ3n) is 1.64. The van der Waals surface area contributed by atoms with Crippen molar-refractivity contribution >= 4 is 30.9 Å². The molecular formula is C10H8O4S. The van der Waals surface area contributed by atoms with E-state index < -0.39 is 17.5 Å². The second-order valence-electron chi connectivity index (χ2n) is 2.65. The molecule has 0 aliphatic rings. The summed E-state index contributed by atoms with van der Waals surface area (Å²) in [6.45, 7) is 0. The van der Waals surface area contributed by atoms with Gasteiger partial charge in [-0.15, -0.1) is 0 Å². The van der Waals surface area contributed by atoms with Crippen molar-refractivity contribution in [2.45, 2.75) is 0 Å². The molecule has 0 fully saturated rings. The molecule has 1 aromatic rings. The summed E-state index contributed by atoms with van der Waals surface area (Å²) in [6, 6.07) is 8.60. The Morgan fingerprint density at radius 1 is 1.27 bits per heavy atom. The minimum atomic E-state index is -1.35.